The number of hydrogen-bond donors (Lipinski definition) is 1. The molecule has 3 heteroatoms. The van der Waals surface area contributed by atoms with Crippen LogP contribution in [0.2, 0.25) is 0 Å². The molecule has 106 valence electrons. The molecule has 1 amide bonds. The monoisotopic (exact) mass is 333 g/mol. The fraction of sp³-hybridized carbons (Fsp3) is 0.353. The average molecular weight is 334 g/mol. The van der Waals surface area contributed by atoms with Gasteiger partial charge in [0.2, 0.25) is 5.91 Å². The van der Waals surface area contributed by atoms with Crippen molar-refractivity contribution in [2.75, 3.05) is 6.54 Å². The maximum atomic E-state index is 11.7. The van der Waals surface area contributed by atoms with Crippen molar-refractivity contribution in [1.29, 1.82) is 0 Å². The average Bonchev–Trinajstić information content (AvgIpc) is 2.44. The summed E-state index contributed by atoms with van der Waals surface area (Å²) in [7, 11) is 0. The minimum absolute atomic E-state index is 0.0228. The highest BCUT2D eigenvalue weighted by atomic mass is 79.9. The number of fused-ring (bicyclic) bond motifs is 1. The van der Waals surface area contributed by atoms with Gasteiger partial charge in [0.1, 0.15) is 0 Å². The molecule has 0 heterocycles. The van der Waals surface area contributed by atoms with Gasteiger partial charge in [0, 0.05) is 17.1 Å². The molecule has 0 aliphatic heterocycles. The summed E-state index contributed by atoms with van der Waals surface area (Å²) in [6.45, 7) is 4.88. The first-order chi connectivity index (χ1) is 9.58. The quantitative estimate of drug-likeness (QED) is 0.827. The lowest BCUT2D eigenvalue weighted by Gasteiger charge is -2.17. The second-order valence-electron chi connectivity index (χ2n) is 5.47. The Morgan fingerprint density at radius 2 is 2.10 bits per heavy atom. The summed E-state index contributed by atoms with van der Waals surface area (Å²) in [6, 6.07) is 8.39. The molecule has 0 bridgehead atoms. The van der Waals surface area contributed by atoms with Crippen LogP contribution in [0.4, 0.5) is 0 Å². The SMILES string of the molecule is CC(C)CNC(=O)C=CC1=C(Br)c2ccccc2CC1. The standard InChI is InChI=1S/C17H20BrNO/c1-12(2)11-19-16(20)10-9-14-8-7-13-5-3-4-6-15(13)17(14)18/h3-6,9-10,12H,7-8,11H2,1-2H3,(H,19,20). The number of rotatable bonds is 4. The number of benzene rings is 1. The summed E-state index contributed by atoms with van der Waals surface area (Å²) >= 11 is 3.66. The van der Waals surface area contributed by atoms with Gasteiger partial charge in [-0.2, -0.15) is 0 Å². The summed E-state index contributed by atoms with van der Waals surface area (Å²) in [5, 5.41) is 2.89. The lowest BCUT2D eigenvalue weighted by atomic mass is 9.92. The van der Waals surface area contributed by atoms with Gasteiger partial charge in [-0.3, -0.25) is 4.79 Å². The lowest BCUT2D eigenvalue weighted by Crippen LogP contribution is -2.25. The van der Waals surface area contributed by atoms with Gasteiger partial charge in [-0.25, -0.2) is 0 Å². The molecular formula is C17H20BrNO. The third kappa shape index (κ3) is 3.83. The minimum Gasteiger partial charge on any atom is -0.352 e. The van der Waals surface area contributed by atoms with Crippen LogP contribution in [0.1, 0.15) is 31.4 Å². The van der Waals surface area contributed by atoms with Crippen molar-refractivity contribution in [2.24, 2.45) is 5.92 Å². The van der Waals surface area contributed by atoms with Crippen molar-refractivity contribution in [2.45, 2.75) is 26.7 Å². The maximum absolute atomic E-state index is 11.7. The topological polar surface area (TPSA) is 29.1 Å². The van der Waals surface area contributed by atoms with E-state index >= 15 is 0 Å². The van der Waals surface area contributed by atoms with E-state index in [2.05, 4.69) is 53.3 Å². The van der Waals surface area contributed by atoms with E-state index < -0.39 is 0 Å². The third-order valence-electron chi connectivity index (χ3n) is 3.32. The molecule has 0 spiro atoms. The van der Waals surface area contributed by atoms with Crippen molar-refractivity contribution < 1.29 is 4.79 Å². The molecule has 0 radical (unpaired) electrons. The number of aryl methyl sites for hydroxylation is 1. The van der Waals surface area contributed by atoms with Crippen molar-refractivity contribution in [3.8, 4) is 0 Å². The normalized spacial score (nSPS) is 14.8. The zero-order valence-electron chi connectivity index (χ0n) is 11.9. The van der Waals surface area contributed by atoms with Gasteiger partial charge >= 0.3 is 0 Å². The summed E-state index contributed by atoms with van der Waals surface area (Å²) in [5.74, 6) is 0.449. The van der Waals surface area contributed by atoms with Crippen LogP contribution in [0, 0.1) is 5.92 Å². The van der Waals surface area contributed by atoms with E-state index in [1.54, 1.807) is 6.08 Å². The molecule has 20 heavy (non-hydrogen) atoms. The molecule has 0 atom stereocenters. The van der Waals surface area contributed by atoms with Gasteiger partial charge in [0.05, 0.1) is 0 Å². The van der Waals surface area contributed by atoms with Crippen LogP contribution < -0.4 is 5.32 Å². The van der Waals surface area contributed by atoms with E-state index in [-0.39, 0.29) is 5.91 Å². The summed E-state index contributed by atoms with van der Waals surface area (Å²) in [5.41, 5.74) is 3.78. The van der Waals surface area contributed by atoms with Crippen LogP contribution in [-0.2, 0) is 11.2 Å². The highest BCUT2D eigenvalue weighted by molar-refractivity contribution is 9.15. The minimum atomic E-state index is -0.0228. The highest BCUT2D eigenvalue weighted by Crippen LogP contribution is 2.35. The fourth-order valence-electron chi connectivity index (χ4n) is 2.20. The van der Waals surface area contributed by atoms with Gasteiger partial charge < -0.3 is 5.32 Å². The predicted octanol–water partition coefficient (Wildman–Crippen LogP) is 4.07. The second kappa shape index (κ2) is 6.89. The van der Waals surface area contributed by atoms with Gasteiger partial charge in [0.15, 0.2) is 0 Å². The van der Waals surface area contributed by atoms with Crippen molar-refractivity contribution in [1.82, 2.24) is 5.32 Å². The summed E-state index contributed by atoms with van der Waals surface area (Å²) in [4.78, 5) is 11.7. The van der Waals surface area contributed by atoms with E-state index in [4.69, 9.17) is 0 Å². The van der Waals surface area contributed by atoms with E-state index in [0.29, 0.717) is 12.5 Å². The summed E-state index contributed by atoms with van der Waals surface area (Å²) in [6.07, 6.45) is 5.55. The number of carbonyl (C=O) groups excluding carboxylic acids is 1. The maximum Gasteiger partial charge on any atom is 0.243 e. The van der Waals surface area contributed by atoms with Gasteiger partial charge in [0.25, 0.3) is 0 Å². The van der Waals surface area contributed by atoms with Crippen LogP contribution in [0.25, 0.3) is 4.48 Å². The number of amides is 1. The molecule has 0 saturated carbocycles. The Morgan fingerprint density at radius 3 is 2.85 bits per heavy atom. The van der Waals surface area contributed by atoms with Crippen LogP contribution in [0.3, 0.4) is 0 Å². The molecule has 1 aliphatic carbocycles. The van der Waals surface area contributed by atoms with Crippen molar-refractivity contribution >= 4 is 26.3 Å². The fourth-order valence-corrected chi connectivity index (χ4v) is 2.92. The van der Waals surface area contributed by atoms with Crippen LogP contribution in [0.5, 0.6) is 0 Å². The molecule has 0 saturated heterocycles. The predicted molar refractivity (Wildman–Crippen MR) is 87.6 cm³/mol. The first-order valence-electron chi connectivity index (χ1n) is 7.00. The molecule has 1 aromatic carbocycles. The first-order valence-corrected chi connectivity index (χ1v) is 7.80. The summed E-state index contributed by atoms with van der Waals surface area (Å²) < 4.78 is 1.10. The molecule has 1 N–H and O–H groups in total. The zero-order valence-corrected chi connectivity index (χ0v) is 13.5. The second-order valence-corrected chi connectivity index (χ2v) is 6.26. The number of nitrogens with one attached hydrogen (secondary N) is 1. The van der Waals surface area contributed by atoms with Crippen molar-refractivity contribution in [3.63, 3.8) is 0 Å². The Morgan fingerprint density at radius 1 is 1.35 bits per heavy atom. The molecule has 0 aromatic heterocycles. The van der Waals surface area contributed by atoms with E-state index in [0.717, 1.165) is 17.3 Å². The Hall–Kier alpha value is -1.35. The van der Waals surface area contributed by atoms with E-state index in [9.17, 15) is 4.79 Å². The Labute approximate surface area is 129 Å². The van der Waals surface area contributed by atoms with Crippen LogP contribution in [-0.4, -0.2) is 12.5 Å². The van der Waals surface area contributed by atoms with E-state index in [1.807, 2.05) is 12.1 Å². The van der Waals surface area contributed by atoms with Crippen LogP contribution in [0.15, 0.2) is 42.0 Å². The Kier molecular flexibility index (Phi) is 5.18. The Bertz CT molecular complexity index is 558. The van der Waals surface area contributed by atoms with Gasteiger partial charge in [-0.1, -0.05) is 44.2 Å². The van der Waals surface area contributed by atoms with E-state index in [1.165, 1.54) is 16.7 Å². The first kappa shape index (κ1) is 15.0. The zero-order chi connectivity index (χ0) is 14.5. The third-order valence-corrected chi connectivity index (χ3v) is 4.26. The molecule has 1 aromatic rings. The number of carbonyl (C=O) groups is 1. The Balaban J connectivity index is 2.08. The van der Waals surface area contributed by atoms with Crippen LogP contribution >= 0.6 is 15.9 Å². The lowest BCUT2D eigenvalue weighted by molar-refractivity contribution is -0.116. The molecule has 0 unspecified atom stereocenters. The highest BCUT2D eigenvalue weighted by Gasteiger charge is 2.14. The number of hydrogen-bond acceptors (Lipinski definition) is 1. The molecule has 0 fully saturated rings. The van der Waals surface area contributed by atoms with Crippen molar-refractivity contribution in [3.05, 3.63) is 53.1 Å². The number of allylic oxidation sites excluding steroid dienone is 2. The van der Waals surface area contributed by atoms with Gasteiger partial charge in [-0.05, 0) is 51.4 Å². The van der Waals surface area contributed by atoms with Gasteiger partial charge in [-0.15, -0.1) is 0 Å². The molecule has 2 rings (SSSR count). The number of halogens is 1. The largest absolute Gasteiger partial charge is 0.352 e. The smallest absolute Gasteiger partial charge is 0.243 e. The molecule has 1 aliphatic rings. The molecular weight excluding hydrogens is 314 g/mol. The molecule has 2 nitrogen and oxygen atoms in total.